The van der Waals surface area contributed by atoms with Crippen LogP contribution in [0.5, 0.6) is 0 Å². The van der Waals surface area contributed by atoms with Crippen molar-refractivity contribution in [2.75, 3.05) is 0 Å². The molecule has 1 N–H and O–H groups in total. The van der Waals surface area contributed by atoms with Gasteiger partial charge in [0.2, 0.25) is 5.91 Å². The van der Waals surface area contributed by atoms with E-state index in [2.05, 4.69) is 5.32 Å². The molecule has 0 aliphatic heterocycles. The van der Waals surface area contributed by atoms with Gasteiger partial charge in [0.1, 0.15) is 5.54 Å². The summed E-state index contributed by atoms with van der Waals surface area (Å²) in [7, 11) is 0. The Kier molecular flexibility index (Phi) is 4.47. The number of hydrogen-bond acceptors (Lipinski definition) is 2. The van der Waals surface area contributed by atoms with Crippen molar-refractivity contribution >= 4 is 5.91 Å². The van der Waals surface area contributed by atoms with Crippen molar-refractivity contribution < 1.29 is 4.79 Å². The highest BCUT2D eigenvalue weighted by molar-refractivity contribution is 5.77. The minimum Gasteiger partial charge on any atom is -0.338 e. The summed E-state index contributed by atoms with van der Waals surface area (Å²) < 4.78 is 0. The summed E-state index contributed by atoms with van der Waals surface area (Å²) >= 11 is 0. The van der Waals surface area contributed by atoms with Crippen LogP contribution in [0.4, 0.5) is 0 Å². The quantitative estimate of drug-likeness (QED) is 0.721. The van der Waals surface area contributed by atoms with Crippen LogP contribution in [-0.2, 0) is 4.79 Å². The maximum atomic E-state index is 11.3. The average molecular weight is 182 g/mol. The Morgan fingerprint density at radius 3 is 2.54 bits per heavy atom. The van der Waals surface area contributed by atoms with Crippen LogP contribution >= 0.6 is 0 Å². The molecule has 0 radical (unpaired) electrons. The fraction of sp³-hybridized carbons (Fsp3) is 0.800. The molecule has 74 valence electrons. The molecule has 1 amide bonds. The Morgan fingerprint density at radius 1 is 1.62 bits per heavy atom. The van der Waals surface area contributed by atoms with Gasteiger partial charge in [-0.3, -0.25) is 4.79 Å². The average Bonchev–Trinajstić information content (AvgIpc) is 2.03. The van der Waals surface area contributed by atoms with Crippen LogP contribution < -0.4 is 5.32 Å². The van der Waals surface area contributed by atoms with Crippen molar-refractivity contribution in [1.82, 2.24) is 5.32 Å². The molecule has 0 aliphatic rings. The van der Waals surface area contributed by atoms with E-state index in [9.17, 15) is 4.79 Å². The van der Waals surface area contributed by atoms with Gasteiger partial charge in [0.25, 0.3) is 0 Å². The van der Waals surface area contributed by atoms with Crippen LogP contribution in [-0.4, -0.2) is 11.4 Å². The summed E-state index contributed by atoms with van der Waals surface area (Å²) in [6.07, 6.45) is 1.49. The Bertz CT molecular complexity index is 215. The summed E-state index contributed by atoms with van der Waals surface area (Å²) in [5, 5.41) is 11.3. The van der Waals surface area contributed by atoms with Crippen molar-refractivity contribution in [3.8, 4) is 6.07 Å². The Labute approximate surface area is 80.1 Å². The molecule has 0 rings (SSSR count). The number of nitrogens with one attached hydrogen (secondary N) is 1. The molecule has 0 saturated carbocycles. The van der Waals surface area contributed by atoms with Crippen LogP contribution in [0.25, 0.3) is 0 Å². The molecular formula is C10H18N2O. The number of carbonyl (C=O) groups excluding carboxylic acids is 1. The summed E-state index contributed by atoms with van der Waals surface area (Å²) in [5.41, 5.74) is -0.745. The van der Waals surface area contributed by atoms with Crippen LogP contribution in [0.3, 0.4) is 0 Å². The molecule has 1 unspecified atom stereocenters. The summed E-state index contributed by atoms with van der Waals surface area (Å²) in [4.78, 5) is 11.3. The molecule has 0 aliphatic carbocycles. The monoisotopic (exact) mass is 182 g/mol. The molecule has 0 aromatic heterocycles. The predicted octanol–water partition coefficient (Wildman–Crippen LogP) is 1.84. The second-order valence-corrected chi connectivity index (χ2v) is 4.00. The molecule has 1 atom stereocenters. The molecule has 3 heteroatoms. The molecule has 0 bridgehead atoms. The van der Waals surface area contributed by atoms with E-state index in [-0.39, 0.29) is 5.91 Å². The zero-order valence-electron chi connectivity index (χ0n) is 8.85. The topological polar surface area (TPSA) is 52.9 Å². The molecule has 13 heavy (non-hydrogen) atoms. The third-order valence-corrected chi connectivity index (χ3v) is 1.96. The molecule has 0 heterocycles. The Balaban J connectivity index is 3.97. The van der Waals surface area contributed by atoms with Crippen LogP contribution in [0.2, 0.25) is 0 Å². The van der Waals surface area contributed by atoms with Crippen LogP contribution in [0.15, 0.2) is 0 Å². The predicted molar refractivity (Wildman–Crippen MR) is 51.9 cm³/mol. The number of amides is 1. The second kappa shape index (κ2) is 4.86. The maximum Gasteiger partial charge on any atom is 0.221 e. The first kappa shape index (κ1) is 12.0. The number of nitriles is 1. The molecule has 3 nitrogen and oxygen atoms in total. The maximum absolute atomic E-state index is 11.3. The highest BCUT2D eigenvalue weighted by Crippen LogP contribution is 2.07. The van der Waals surface area contributed by atoms with E-state index in [1.165, 1.54) is 0 Å². The fourth-order valence-corrected chi connectivity index (χ4v) is 0.888. The molecular weight excluding hydrogens is 164 g/mol. The van der Waals surface area contributed by atoms with Crippen molar-refractivity contribution in [3.63, 3.8) is 0 Å². The van der Waals surface area contributed by atoms with E-state index < -0.39 is 5.54 Å². The van der Waals surface area contributed by atoms with Gasteiger partial charge in [0.05, 0.1) is 6.07 Å². The minimum absolute atomic E-state index is 0.0408. The first-order chi connectivity index (χ1) is 5.91. The van der Waals surface area contributed by atoms with Gasteiger partial charge < -0.3 is 5.32 Å². The zero-order chi connectivity index (χ0) is 10.5. The van der Waals surface area contributed by atoms with E-state index in [0.717, 1.165) is 6.42 Å². The number of carbonyl (C=O) groups is 1. The van der Waals surface area contributed by atoms with E-state index in [1.54, 1.807) is 13.8 Å². The lowest BCUT2D eigenvalue weighted by Gasteiger charge is -2.18. The van der Waals surface area contributed by atoms with Crippen LogP contribution in [0, 0.1) is 17.2 Å². The molecule has 0 aromatic rings. The van der Waals surface area contributed by atoms with Gasteiger partial charge in [-0.05, 0) is 19.8 Å². The SMILES string of the molecule is CCC(C)CC(=O)NC(C)(C)C#N. The van der Waals surface area contributed by atoms with Crippen molar-refractivity contribution in [2.24, 2.45) is 5.92 Å². The van der Waals surface area contributed by atoms with E-state index >= 15 is 0 Å². The lowest BCUT2D eigenvalue weighted by Crippen LogP contribution is -2.42. The zero-order valence-corrected chi connectivity index (χ0v) is 8.85. The van der Waals surface area contributed by atoms with E-state index in [1.807, 2.05) is 19.9 Å². The normalized spacial score (nSPS) is 13.2. The summed E-state index contributed by atoms with van der Waals surface area (Å²) in [6, 6.07) is 2.03. The second-order valence-electron chi connectivity index (χ2n) is 4.00. The Hall–Kier alpha value is -1.04. The van der Waals surface area contributed by atoms with Crippen molar-refractivity contribution in [1.29, 1.82) is 5.26 Å². The van der Waals surface area contributed by atoms with Gasteiger partial charge in [-0.25, -0.2) is 0 Å². The van der Waals surface area contributed by atoms with E-state index in [0.29, 0.717) is 12.3 Å². The van der Waals surface area contributed by atoms with E-state index in [4.69, 9.17) is 5.26 Å². The van der Waals surface area contributed by atoms with Crippen molar-refractivity contribution in [2.45, 2.75) is 46.1 Å². The third-order valence-electron chi connectivity index (χ3n) is 1.96. The van der Waals surface area contributed by atoms with Gasteiger partial charge in [-0.15, -0.1) is 0 Å². The molecule has 0 fully saturated rings. The van der Waals surface area contributed by atoms with Gasteiger partial charge >= 0.3 is 0 Å². The van der Waals surface area contributed by atoms with Gasteiger partial charge in [-0.2, -0.15) is 5.26 Å². The largest absolute Gasteiger partial charge is 0.338 e. The molecule has 0 aromatic carbocycles. The number of nitrogens with zero attached hydrogens (tertiary/aromatic N) is 1. The first-order valence-corrected chi connectivity index (χ1v) is 4.63. The number of rotatable bonds is 4. The van der Waals surface area contributed by atoms with Gasteiger partial charge in [0.15, 0.2) is 0 Å². The number of hydrogen-bond donors (Lipinski definition) is 1. The van der Waals surface area contributed by atoms with Crippen molar-refractivity contribution in [3.05, 3.63) is 0 Å². The minimum atomic E-state index is -0.745. The smallest absolute Gasteiger partial charge is 0.221 e. The lowest BCUT2D eigenvalue weighted by atomic mass is 10.0. The molecule has 0 saturated heterocycles. The standard InChI is InChI=1S/C10H18N2O/c1-5-8(2)6-9(13)12-10(3,4)7-11/h8H,5-6H2,1-4H3,(H,12,13). The fourth-order valence-electron chi connectivity index (χ4n) is 0.888. The third kappa shape index (κ3) is 5.24. The summed E-state index contributed by atoms with van der Waals surface area (Å²) in [6.45, 7) is 7.47. The van der Waals surface area contributed by atoms with Gasteiger partial charge in [0, 0.05) is 6.42 Å². The highest BCUT2D eigenvalue weighted by atomic mass is 16.1. The summed E-state index contributed by atoms with van der Waals surface area (Å²) in [5.74, 6) is 0.343. The van der Waals surface area contributed by atoms with Gasteiger partial charge in [-0.1, -0.05) is 20.3 Å². The molecule has 0 spiro atoms. The highest BCUT2D eigenvalue weighted by Gasteiger charge is 2.19. The van der Waals surface area contributed by atoms with Crippen LogP contribution in [0.1, 0.15) is 40.5 Å². The first-order valence-electron chi connectivity index (χ1n) is 4.63. The lowest BCUT2D eigenvalue weighted by molar-refractivity contribution is -0.123. The Morgan fingerprint density at radius 2 is 2.15 bits per heavy atom.